The molecule has 2 rings (SSSR count). The van der Waals surface area contributed by atoms with Crippen LogP contribution in [-0.2, 0) is 7.05 Å². The van der Waals surface area contributed by atoms with Crippen molar-refractivity contribution in [3.63, 3.8) is 0 Å². The van der Waals surface area contributed by atoms with Crippen molar-refractivity contribution in [1.29, 1.82) is 0 Å². The average Bonchev–Trinajstić information content (AvgIpc) is 2.69. The van der Waals surface area contributed by atoms with Crippen LogP contribution < -0.4 is 5.32 Å². The van der Waals surface area contributed by atoms with E-state index in [4.69, 9.17) is 0 Å². The predicted octanol–water partition coefficient (Wildman–Crippen LogP) is 2.35. The molecule has 1 aromatic carbocycles. The highest BCUT2D eigenvalue weighted by Crippen LogP contribution is 2.27. The molecule has 0 spiro atoms. The zero-order valence-corrected chi connectivity index (χ0v) is 9.22. The molecule has 0 fully saturated rings. The van der Waals surface area contributed by atoms with Gasteiger partial charge in [0.25, 0.3) is 5.69 Å². The van der Waals surface area contributed by atoms with Crippen molar-refractivity contribution in [2.45, 2.75) is 0 Å². The molecule has 2 aromatic rings. The van der Waals surface area contributed by atoms with Crippen LogP contribution >= 0.6 is 0 Å². The Balaban J connectivity index is 2.37. The van der Waals surface area contributed by atoms with E-state index >= 15 is 0 Å². The summed E-state index contributed by atoms with van der Waals surface area (Å²) in [4.78, 5) is 9.56. The lowest BCUT2D eigenvalue weighted by molar-refractivity contribution is -0.385. The number of nitro groups is 1. The second-order valence-corrected chi connectivity index (χ2v) is 3.57. The smallest absolute Gasteiger partial charge is 0.275 e. The number of rotatable bonds is 3. The first-order chi connectivity index (χ1) is 8.47. The van der Waals surface area contributed by atoms with Gasteiger partial charge in [0, 0.05) is 13.2 Å². The van der Waals surface area contributed by atoms with Gasteiger partial charge in [-0.3, -0.25) is 14.8 Å². The lowest BCUT2D eigenvalue weighted by Crippen LogP contribution is -1.99. The molecule has 0 radical (unpaired) electrons. The number of aryl methyl sites for hydroxylation is 1. The number of nitrogens with zero attached hydrogens (tertiary/aromatic N) is 3. The molecular formula is C10H8F2N4O2. The molecule has 6 nitrogen and oxygen atoms in total. The molecule has 8 heteroatoms. The Morgan fingerprint density at radius 2 is 2.00 bits per heavy atom. The summed E-state index contributed by atoms with van der Waals surface area (Å²) in [5.41, 5.74) is -0.709. The molecule has 0 atom stereocenters. The van der Waals surface area contributed by atoms with E-state index in [2.05, 4.69) is 10.4 Å². The van der Waals surface area contributed by atoms with Gasteiger partial charge in [-0.15, -0.1) is 0 Å². The van der Waals surface area contributed by atoms with Gasteiger partial charge in [-0.25, -0.2) is 8.78 Å². The number of halogens is 2. The Morgan fingerprint density at radius 3 is 2.44 bits per heavy atom. The van der Waals surface area contributed by atoms with Crippen LogP contribution in [0.25, 0.3) is 0 Å². The summed E-state index contributed by atoms with van der Waals surface area (Å²) in [6.07, 6.45) is 2.89. The van der Waals surface area contributed by atoms with Crippen LogP contribution in [0.5, 0.6) is 0 Å². The minimum atomic E-state index is -1.04. The average molecular weight is 254 g/mol. The van der Waals surface area contributed by atoms with Gasteiger partial charge in [-0.05, 0) is 0 Å². The summed E-state index contributed by atoms with van der Waals surface area (Å²) in [6.45, 7) is 0. The third-order valence-electron chi connectivity index (χ3n) is 2.21. The first-order valence-electron chi connectivity index (χ1n) is 4.86. The van der Waals surface area contributed by atoms with Crippen molar-refractivity contribution in [2.75, 3.05) is 5.32 Å². The monoisotopic (exact) mass is 254 g/mol. The molecule has 0 aliphatic rings. The number of benzene rings is 1. The van der Waals surface area contributed by atoms with Crippen molar-refractivity contribution < 1.29 is 13.7 Å². The van der Waals surface area contributed by atoms with Gasteiger partial charge in [0.2, 0.25) is 0 Å². The number of hydrogen-bond acceptors (Lipinski definition) is 4. The van der Waals surface area contributed by atoms with Crippen LogP contribution in [0.15, 0.2) is 24.5 Å². The third-order valence-corrected chi connectivity index (χ3v) is 2.21. The number of nitrogens with one attached hydrogen (secondary N) is 1. The van der Waals surface area contributed by atoms with Gasteiger partial charge in [-0.1, -0.05) is 0 Å². The van der Waals surface area contributed by atoms with Gasteiger partial charge in [0.15, 0.2) is 11.6 Å². The minimum absolute atomic E-state index is 0.379. The molecule has 0 aliphatic heterocycles. The van der Waals surface area contributed by atoms with Crippen molar-refractivity contribution in [2.24, 2.45) is 7.05 Å². The first kappa shape index (κ1) is 12.0. The number of aromatic nitrogens is 2. The molecule has 1 N–H and O–H groups in total. The zero-order chi connectivity index (χ0) is 13.3. The van der Waals surface area contributed by atoms with Crippen molar-refractivity contribution in [3.8, 4) is 0 Å². The van der Waals surface area contributed by atoms with Gasteiger partial charge in [0.05, 0.1) is 28.9 Å². The summed E-state index contributed by atoms with van der Waals surface area (Å²) in [7, 11) is 1.65. The van der Waals surface area contributed by atoms with Crippen LogP contribution in [0.4, 0.5) is 25.8 Å². The Morgan fingerprint density at radius 1 is 1.39 bits per heavy atom. The van der Waals surface area contributed by atoms with Gasteiger partial charge in [-0.2, -0.15) is 5.10 Å². The topological polar surface area (TPSA) is 73.0 Å². The molecule has 1 heterocycles. The summed E-state index contributed by atoms with van der Waals surface area (Å²) in [6, 6.07) is 1.31. The SMILES string of the molecule is Cn1cc(Nc2c(F)cc([N+](=O)[O-])cc2F)cn1. The van der Waals surface area contributed by atoms with E-state index in [1.165, 1.54) is 17.1 Å². The quantitative estimate of drug-likeness (QED) is 0.674. The molecule has 0 saturated carbocycles. The second kappa shape index (κ2) is 4.40. The van der Waals surface area contributed by atoms with Crippen LogP contribution in [0.2, 0.25) is 0 Å². The van der Waals surface area contributed by atoms with Crippen LogP contribution in [-0.4, -0.2) is 14.7 Å². The van der Waals surface area contributed by atoms with Gasteiger partial charge < -0.3 is 5.32 Å². The highest BCUT2D eigenvalue weighted by molar-refractivity contribution is 5.61. The number of hydrogen-bond donors (Lipinski definition) is 1. The Hall–Kier alpha value is -2.51. The summed E-state index contributed by atoms with van der Waals surface area (Å²) in [5.74, 6) is -2.07. The Bertz CT molecular complexity index is 589. The predicted molar refractivity (Wildman–Crippen MR) is 59.5 cm³/mol. The fourth-order valence-electron chi connectivity index (χ4n) is 1.41. The van der Waals surface area contributed by atoms with E-state index in [1.54, 1.807) is 7.05 Å². The van der Waals surface area contributed by atoms with Crippen LogP contribution in [0.3, 0.4) is 0 Å². The Kier molecular flexibility index (Phi) is 2.92. The molecule has 1 aromatic heterocycles. The van der Waals surface area contributed by atoms with E-state index in [9.17, 15) is 18.9 Å². The van der Waals surface area contributed by atoms with E-state index < -0.39 is 27.9 Å². The highest BCUT2D eigenvalue weighted by Gasteiger charge is 2.17. The number of nitro benzene ring substituents is 1. The summed E-state index contributed by atoms with van der Waals surface area (Å²) >= 11 is 0. The van der Waals surface area contributed by atoms with Gasteiger partial charge in [0.1, 0.15) is 5.69 Å². The first-order valence-corrected chi connectivity index (χ1v) is 4.86. The Labute approximate surface area is 100.0 Å². The molecule has 18 heavy (non-hydrogen) atoms. The lowest BCUT2D eigenvalue weighted by Gasteiger charge is -2.06. The van der Waals surface area contributed by atoms with E-state index in [-0.39, 0.29) is 0 Å². The lowest BCUT2D eigenvalue weighted by atomic mass is 10.2. The fraction of sp³-hybridized carbons (Fsp3) is 0.100. The molecule has 94 valence electrons. The van der Waals surface area contributed by atoms with Crippen LogP contribution in [0, 0.1) is 21.7 Å². The van der Waals surface area contributed by atoms with Crippen LogP contribution in [0.1, 0.15) is 0 Å². The van der Waals surface area contributed by atoms with Gasteiger partial charge >= 0.3 is 0 Å². The standard InChI is InChI=1S/C10H8F2N4O2/c1-15-5-6(4-13-15)14-10-8(11)2-7(16(17)18)3-9(10)12/h2-5,14H,1H3. The molecule has 0 saturated heterocycles. The fourth-order valence-corrected chi connectivity index (χ4v) is 1.41. The van der Waals surface area contributed by atoms with E-state index in [0.717, 1.165) is 0 Å². The number of non-ortho nitro benzene ring substituents is 1. The molecule has 0 amide bonds. The molecule has 0 bridgehead atoms. The highest BCUT2D eigenvalue weighted by atomic mass is 19.1. The zero-order valence-electron chi connectivity index (χ0n) is 9.22. The third kappa shape index (κ3) is 2.26. The van der Waals surface area contributed by atoms with E-state index in [0.29, 0.717) is 17.8 Å². The maximum atomic E-state index is 13.5. The second-order valence-electron chi connectivity index (χ2n) is 3.57. The van der Waals surface area contributed by atoms with Crippen molar-refractivity contribution in [3.05, 3.63) is 46.3 Å². The molecular weight excluding hydrogens is 246 g/mol. The van der Waals surface area contributed by atoms with Crippen molar-refractivity contribution in [1.82, 2.24) is 9.78 Å². The summed E-state index contributed by atoms with van der Waals surface area (Å²) in [5, 5.41) is 16.7. The number of anilines is 2. The van der Waals surface area contributed by atoms with Crippen molar-refractivity contribution >= 4 is 17.1 Å². The summed E-state index contributed by atoms with van der Waals surface area (Å²) < 4.78 is 28.5. The maximum absolute atomic E-state index is 13.5. The molecule has 0 unspecified atom stereocenters. The largest absolute Gasteiger partial charge is 0.348 e. The molecule has 0 aliphatic carbocycles. The minimum Gasteiger partial charge on any atom is -0.348 e. The van der Waals surface area contributed by atoms with E-state index in [1.807, 2.05) is 0 Å². The maximum Gasteiger partial charge on any atom is 0.275 e. The normalized spacial score (nSPS) is 10.4.